The summed E-state index contributed by atoms with van der Waals surface area (Å²) in [4.78, 5) is 0. The molecule has 1 aliphatic rings. The molecule has 16 heavy (non-hydrogen) atoms. The molecule has 0 spiro atoms. The van der Waals surface area contributed by atoms with Crippen LogP contribution in [0.3, 0.4) is 0 Å². The van der Waals surface area contributed by atoms with Crippen LogP contribution in [0.15, 0.2) is 15.2 Å². The average molecular weight is 305 g/mol. The third kappa shape index (κ3) is 2.35. The molecule has 90 valence electrons. The Labute approximate surface area is 109 Å². The molecule has 0 amide bonds. The largest absolute Gasteiger partial charge is 0.385 e. The monoisotopic (exact) mass is 304 g/mol. The Morgan fingerprint density at radius 2 is 2.31 bits per heavy atom. The van der Waals surface area contributed by atoms with Gasteiger partial charge >= 0.3 is 0 Å². The van der Waals surface area contributed by atoms with E-state index in [1.54, 1.807) is 11.3 Å². The van der Waals surface area contributed by atoms with Crippen molar-refractivity contribution in [3.8, 4) is 0 Å². The Hall–Kier alpha value is 0.1000. The second-order valence-electron chi connectivity index (χ2n) is 4.77. The first-order chi connectivity index (χ1) is 7.53. The van der Waals surface area contributed by atoms with Gasteiger partial charge in [0.15, 0.2) is 0 Å². The summed E-state index contributed by atoms with van der Waals surface area (Å²) in [5.74, 6) is 0.448. The lowest BCUT2D eigenvalue weighted by atomic mass is 9.82. The second kappa shape index (κ2) is 4.77. The smallest absolute Gasteiger partial charge is 0.0962 e. The van der Waals surface area contributed by atoms with E-state index in [2.05, 4.69) is 29.8 Å². The van der Waals surface area contributed by atoms with E-state index in [9.17, 15) is 5.11 Å². The van der Waals surface area contributed by atoms with Crippen LogP contribution in [0, 0.1) is 5.92 Å². The van der Waals surface area contributed by atoms with Gasteiger partial charge in [0, 0.05) is 28.3 Å². The molecule has 2 heterocycles. The van der Waals surface area contributed by atoms with Gasteiger partial charge in [0.1, 0.15) is 0 Å². The van der Waals surface area contributed by atoms with E-state index < -0.39 is 5.60 Å². The van der Waals surface area contributed by atoms with Crippen LogP contribution in [0.2, 0.25) is 0 Å². The fourth-order valence-corrected chi connectivity index (χ4v) is 3.91. The average Bonchev–Trinajstić information content (AvgIpc) is 2.65. The van der Waals surface area contributed by atoms with Crippen molar-refractivity contribution < 1.29 is 9.84 Å². The third-order valence-corrected chi connectivity index (χ3v) is 4.95. The first-order valence-corrected chi connectivity index (χ1v) is 7.32. The zero-order valence-corrected chi connectivity index (χ0v) is 12.0. The minimum atomic E-state index is -0.716. The standard InChI is InChI=1S/C12H17BrO2S/c1-8(2)11-5-12(14,3-4-15-11)9-6-16-7-10(9)13/h6-8,11,14H,3-5H2,1-2H3. The fourth-order valence-electron chi connectivity index (χ4n) is 2.16. The summed E-state index contributed by atoms with van der Waals surface area (Å²) in [5.41, 5.74) is 0.304. The van der Waals surface area contributed by atoms with Crippen LogP contribution >= 0.6 is 27.3 Å². The molecule has 1 aromatic rings. The highest BCUT2D eigenvalue weighted by Gasteiger charge is 2.39. The molecular formula is C12H17BrO2S. The van der Waals surface area contributed by atoms with Crippen molar-refractivity contribution in [2.45, 2.75) is 38.4 Å². The summed E-state index contributed by atoms with van der Waals surface area (Å²) in [6.07, 6.45) is 1.54. The summed E-state index contributed by atoms with van der Waals surface area (Å²) in [6, 6.07) is 0. The van der Waals surface area contributed by atoms with E-state index in [1.165, 1.54) is 0 Å². The topological polar surface area (TPSA) is 29.5 Å². The van der Waals surface area contributed by atoms with Crippen molar-refractivity contribution in [3.63, 3.8) is 0 Å². The molecule has 2 nitrogen and oxygen atoms in total. The van der Waals surface area contributed by atoms with Gasteiger partial charge < -0.3 is 9.84 Å². The normalized spacial score (nSPS) is 30.9. The minimum absolute atomic E-state index is 0.158. The maximum atomic E-state index is 10.7. The van der Waals surface area contributed by atoms with Crippen molar-refractivity contribution in [1.82, 2.24) is 0 Å². The number of hydrogen-bond donors (Lipinski definition) is 1. The molecule has 2 unspecified atom stereocenters. The van der Waals surface area contributed by atoms with Gasteiger partial charge in [-0.2, -0.15) is 11.3 Å². The summed E-state index contributed by atoms with van der Waals surface area (Å²) >= 11 is 5.12. The lowest BCUT2D eigenvalue weighted by Gasteiger charge is -2.38. The van der Waals surface area contributed by atoms with Crippen LogP contribution in [0.1, 0.15) is 32.3 Å². The van der Waals surface area contributed by atoms with E-state index >= 15 is 0 Å². The van der Waals surface area contributed by atoms with Crippen molar-refractivity contribution >= 4 is 27.3 Å². The minimum Gasteiger partial charge on any atom is -0.385 e. The summed E-state index contributed by atoms with van der Waals surface area (Å²) < 4.78 is 6.72. The number of rotatable bonds is 2. The van der Waals surface area contributed by atoms with E-state index in [0.29, 0.717) is 25.4 Å². The summed E-state index contributed by atoms with van der Waals surface area (Å²) in [7, 11) is 0. The molecule has 1 fully saturated rings. The number of ether oxygens (including phenoxy) is 1. The van der Waals surface area contributed by atoms with Gasteiger partial charge in [-0.05, 0) is 27.2 Å². The first kappa shape index (κ1) is 12.6. The highest BCUT2D eigenvalue weighted by atomic mass is 79.9. The number of aliphatic hydroxyl groups is 1. The zero-order chi connectivity index (χ0) is 11.8. The molecule has 0 aromatic carbocycles. The van der Waals surface area contributed by atoms with E-state index in [-0.39, 0.29) is 6.10 Å². The van der Waals surface area contributed by atoms with Gasteiger partial charge in [-0.3, -0.25) is 0 Å². The summed E-state index contributed by atoms with van der Waals surface area (Å²) in [6.45, 7) is 4.92. The molecule has 0 radical (unpaired) electrons. The molecule has 2 atom stereocenters. The zero-order valence-electron chi connectivity index (χ0n) is 9.57. The van der Waals surface area contributed by atoms with E-state index in [0.717, 1.165) is 10.0 Å². The van der Waals surface area contributed by atoms with Crippen LogP contribution in [0.5, 0.6) is 0 Å². The SMILES string of the molecule is CC(C)C1CC(O)(c2cscc2Br)CCO1. The van der Waals surface area contributed by atoms with E-state index in [1.807, 2.05) is 10.8 Å². The van der Waals surface area contributed by atoms with Crippen molar-refractivity contribution in [1.29, 1.82) is 0 Å². The van der Waals surface area contributed by atoms with Gasteiger partial charge in [0.05, 0.1) is 18.3 Å². The molecule has 1 aromatic heterocycles. The van der Waals surface area contributed by atoms with Crippen LogP contribution in [0.4, 0.5) is 0 Å². The number of hydrogen-bond acceptors (Lipinski definition) is 3. The predicted octanol–water partition coefficient (Wildman–Crippen LogP) is 3.53. The van der Waals surface area contributed by atoms with Gasteiger partial charge in [-0.15, -0.1) is 0 Å². The Balaban J connectivity index is 2.22. The second-order valence-corrected chi connectivity index (χ2v) is 6.37. The van der Waals surface area contributed by atoms with Crippen molar-refractivity contribution in [2.75, 3.05) is 6.61 Å². The van der Waals surface area contributed by atoms with Gasteiger partial charge in [0.2, 0.25) is 0 Å². The fraction of sp³-hybridized carbons (Fsp3) is 0.667. The van der Waals surface area contributed by atoms with Gasteiger partial charge in [-0.1, -0.05) is 13.8 Å². The van der Waals surface area contributed by atoms with Crippen LogP contribution < -0.4 is 0 Å². The summed E-state index contributed by atoms with van der Waals surface area (Å²) in [5, 5.41) is 14.8. The Morgan fingerprint density at radius 1 is 1.56 bits per heavy atom. The number of thiophene rings is 1. The van der Waals surface area contributed by atoms with E-state index in [4.69, 9.17) is 4.74 Å². The van der Waals surface area contributed by atoms with Crippen LogP contribution in [-0.2, 0) is 10.3 Å². The van der Waals surface area contributed by atoms with Crippen molar-refractivity contribution in [3.05, 3.63) is 20.8 Å². The maximum Gasteiger partial charge on any atom is 0.0962 e. The first-order valence-electron chi connectivity index (χ1n) is 5.59. The van der Waals surface area contributed by atoms with Crippen molar-refractivity contribution in [2.24, 2.45) is 5.92 Å². The molecule has 4 heteroatoms. The molecule has 0 bridgehead atoms. The lowest BCUT2D eigenvalue weighted by molar-refractivity contribution is -0.121. The maximum absolute atomic E-state index is 10.7. The molecule has 1 N–H and O–H groups in total. The molecular weight excluding hydrogens is 288 g/mol. The Kier molecular flexibility index (Phi) is 3.74. The Morgan fingerprint density at radius 3 is 2.88 bits per heavy atom. The molecule has 2 rings (SSSR count). The number of halogens is 1. The molecule has 1 aliphatic heterocycles. The Bertz CT molecular complexity index is 364. The third-order valence-electron chi connectivity index (χ3n) is 3.25. The quantitative estimate of drug-likeness (QED) is 0.905. The van der Waals surface area contributed by atoms with Crippen LogP contribution in [-0.4, -0.2) is 17.8 Å². The predicted molar refractivity (Wildman–Crippen MR) is 69.7 cm³/mol. The highest BCUT2D eigenvalue weighted by molar-refractivity contribution is 9.10. The highest BCUT2D eigenvalue weighted by Crippen LogP contribution is 2.41. The molecule has 0 aliphatic carbocycles. The molecule has 1 saturated heterocycles. The lowest BCUT2D eigenvalue weighted by Crippen LogP contribution is -2.40. The van der Waals surface area contributed by atoms with Crippen LogP contribution in [0.25, 0.3) is 0 Å². The van der Waals surface area contributed by atoms with Gasteiger partial charge in [0.25, 0.3) is 0 Å². The van der Waals surface area contributed by atoms with Gasteiger partial charge in [-0.25, -0.2) is 0 Å². The molecule has 0 saturated carbocycles.